The molecule has 6 heteroatoms. The number of likely N-dealkylation sites (N-methyl/N-ethyl adjacent to an activating group) is 1. The zero-order valence-electron chi connectivity index (χ0n) is 10.2. The van der Waals surface area contributed by atoms with E-state index in [1.807, 2.05) is 4.90 Å². The van der Waals surface area contributed by atoms with Gasteiger partial charge in [0.2, 0.25) is 0 Å². The fourth-order valence-electron chi connectivity index (χ4n) is 1.92. The number of carboxylic acid groups (broad SMARTS) is 1. The van der Waals surface area contributed by atoms with Crippen LogP contribution in [0.4, 0.5) is 0 Å². The molecule has 0 saturated carbocycles. The van der Waals surface area contributed by atoms with E-state index in [2.05, 4.69) is 25.8 Å². The van der Waals surface area contributed by atoms with Crippen LogP contribution in [0.15, 0.2) is 0 Å². The monoisotopic (exact) mass is 272 g/mol. The zero-order valence-corrected chi connectivity index (χ0v) is 11.8. The van der Waals surface area contributed by atoms with Crippen LogP contribution >= 0.6 is 24.8 Å². The van der Waals surface area contributed by atoms with Gasteiger partial charge in [-0.15, -0.1) is 24.8 Å². The Labute approximate surface area is 110 Å². The van der Waals surface area contributed by atoms with Gasteiger partial charge in [-0.2, -0.15) is 0 Å². The summed E-state index contributed by atoms with van der Waals surface area (Å²) in [6.07, 6.45) is 0. The lowest BCUT2D eigenvalue weighted by Crippen LogP contribution is -2.58. The molecular weight excluding hydrogens is 251 g/mol. The van der Waals surface area contributed by atoms with Crippen molar-refractivity contribution >= 4 is 30.8 Å². The van der Waals surface area contributed by atoms with Crippen LogP contribution < -0.4 is 0 Å². The summed E-state index contributed by atoms with van der Waals surface area (Å²) in [4.78, 5) is 15.2. The number of piperazine rings is 1. The summed E-state index contributed by atoms with van der Waals surface area (Å²) in [5.41, 5.74) is 0. The SMILES string of the molecule is CC(C(=O)O)N1C[C@H](C)N(C)[C@@H](C)C1.Cl.Cl. The van der Waals surface area contributed by atoms with E-state index in [0.29, 0.717) is 12.1 Å². The Balaban J connectivity index is 0. The van der Waals surface area contributed by atoms with Crippen molar-refractivity contribution in [3.05, 3.63) is 0 Å². The standard InChI is InChI=1S/C10H20N2O2.2ClH/c1-7-5-12(9(3)10(13)14)6-8(2)11(7)4;;/h7-9H,5-6H2,1-4H3,(H,13,14);2*1H/t7-,8-,9?;;/m0../s1. The first-order valence-corrected chi connectivity index (χ1v) is 5.12. The molecule has 0 aromatic rings. The molecule has 0 spiro atoms. The summed E-state index contributed by atoms with van der Waals surface area (Å²) in [5.74, 6) is -0.728. The van der Waals surface area contributed by atoms with E-state index < -0.39 is 5.97 Å². The predicted molar refractivity (Wildman–Crippen MR) is 69.9 cm³/mol. The molecule has 0 radical (unpaired) electrons. The molecule has 98 valence electrons. The van der Waals surface area contributed by atoms with Crippen molar-refractivity contribution in [2.45, 2.75) is 38.9 Å². The molecule has 1 rings (SSSR count). The minimum Gasteiger partial charge on any atom is -0.480 e. The number of halogens is 2. The van der Waals surface area contributed by atoms with Crippen molar-refractivity contribution in [3.8, 4) is 0 Å². The highest BCUT2D eigenvalue weighted by molar-refractivity contribution is 5.85. The number of carbonyl (C=O) groups is 1. The second-order valence-corrected chi connectivity index (χ2v) is 4.33. The van der Waals surface area contributed by atoms with Gasteiger partial charge in [0.25, 0.3) is 0 Å². The summed E-state index contributed by atoms with van der Waals surface area (Å²) in [6, 6.07) is 0.495. The first-order valence-electron chi connectivity index (χ1n) is 5.12. The molecule has 4 nitrogen and oxygen atoms in total. The Morgan fingerprint density at radius 3 is 1.94 bits per heavy atom. The number of hydrogen-bond donors (Lipinski definition) is 1. The normalized spacial score (nSPS) is 28.8. The molecule has 1 aliphatic heterocycles. The lowest BCUT2D eigenvalue weighted by atomic mass is 10.1. The van der Waals surface area contributed by atoms with Crippen LogP contribution in [0.5, 0.6) is 0 Å². The minimum absolute atomic E-state index is 0. The number of nitrogens with zero attached hydrogens (tertiary/aromatic N) is 2. The zero-order chi connectivity index (χ0) is 10.9. The third-order valence-electron chi connectivity index (χ3n) is 3.29. The van der Waals surface area contributed by atoms with Crippen LogP contribution in [0.3, 0.4) is 0 Å². The average molecular weight is 273 g/mol. The van der Waals surface area contributed by atoms with Crippen molar-refractivity contribution in [3.63, 3.8) is 0 Å². The van der Waals surface area contributed by atoms with Gasteiger partial charge in [-0.05, 0) is 27.8 Å². The molecule has 3 atom stereocenters. The van der Waals surface area contributed by atoms with Gasteiger partial charge in [0, 0.05) is 25.2 Å². The predicted octanol–water partition coefficient (Wildman–Crippen LogP) is 1.33. The van der Waals surface area contributed by atoms with Gasteiger partial charge in [-0.25, -0.2) is 0 Å². The first-order chi connectivity index (χ1) is 6.43. The second-order valence-electron chi connectivity index (χ2n) is 4.33. The number of hydrogen-bond acceptors (Lipinski definition) is 3. The number of carboxylic acids is 1. The molecule has 0 aliphatic carbocycles. The molecule has 0 aromatic heterocycles. The van der Waals surface area contributed by atoms with Gasteiger partial charge in [-0.1, -0.05) is 0 Å². The van der Waals surface area contributed by atoms with Crippen LogP contribution in [-0.4, -0.2) is 59.1 Å². The summed E-state index contributed by atoms with van der Waals surface area (Å²) < 4.78 is 0. The van der Waals surface area contributed by atoms with E-state index in [1.54, 1.807) is 6.92 Å². The number of rotatable bonds is 2. The smallest absolute Gasteiger partial charge is 0.320 e. The maximum Gasteiger partial charge on any atom is 0.320 e. The van der Waals surface area contributed by atoms with Gasteiger partial charge in [-0.3, -0.25) is 14.6 Å². The molecule has 0 bridgehead atoms. The Kier molecular flexibility index (Phi) is 8.40. The summed E-state index contributed by atoms with van der Waals surface area (Å²) in [7, 11) is 2.10. The molecule has 1 fully saturated rings. The van der Waals surface area contributed by atoms with E-state index in [4.69, 9.17) is 5.11 Å². The number of aliphatic carboxylic acids is 1. The summed E-state index contributed by atoms with van der Waals surface area (Å²) >= 11 is 0. The quantitative estimate of drug-likeness (QED) is 0.824. The minimum atomic E-state index is -0.728. The molecule has 0 amide bonds. The van der Waals surface area contributed by atoms with Crippen LogP contribution in [0.1, 0.15) is 20.8 Å². The Morgan fingerprint density at radius 1 is 1.25 bits per heavy atom. The van der Waals surface area contributed by atoms with Crippen LogP contribution in [-0.2, 0) is 4.79 Å². The third-order valence-corrected chi connectivity index (χ3v) is 3.29. The average Bonchev–Trinajstić information content (AvgIpc) is 2.12. The molecule has 1 unspecified atom stereocenters. The highest BCUT2D eigenvalue weighted by Gasteiger charge is 2.31. The lowest BCUT2D eigenvalue weighted by Gasteiger charge is -2.43. The molecule has 16 heavy (non-hydrogen) atoms. The summed E-state index contributed by atoms with van der Waals surface area (Å²) in [6.45, 7) is 7.71. The van der Waals surface area contributed by atoms with Crippen LogP contribution in [0.25, 0.3) is 0 Å². The van der Waals surface area contributed by atoms with Crippen LogP contribution in [0.2, 0.25) is 0 Å². The van der Waals surface area contributed by atoms with Gasteiger partial charge < -0.3 is 5.11 Å². The topological polar surface area (TPSA) is 43.8 Å². The van der Waals surface area contributed by atoms with E-state index in [-0.39, 0.29) is 30.9 Å². The molecule has 1 saturated heterocycles. The third kappa shape index (κ3) is 4.09. The molecule has 1 heterocycles. The Morgan fingerprint density at radius 2 is 1.62 bits per heavy atom. The Hall–Kier alpha value is -0.0300. The molecule has 1 aliphatic rings. The maximum atomic E-state index is 10.8. The lowest BCUT2D eigenvalue weighted by molar-refractivity contribution is -0.144. The van der Waals surface area contributed by atoms with E-state index in [0.717, 1.165) is 13.1 Å². The Bertz CT molecular complexity index is 217. The van der Waals surface area contributed by atoms with E-state index in [1.165, 1.54) is 0 Å². The van der Waals surface area contributed by atoms with Crippen molar-refractivity contribution in [2.24, 2.45) is 0 Å². The highest BCUT2D eigenvalue weighted by Crippen LogP contribution is 2.15. The van der Waals surface area contributed by atoms with Crippen LogP contribution in [0, 0.1) is 0 Å². The molecule has 0 aromatic carbocycles. The first kappa shape index (κ1) is 18.3. The summed E-state index contributed by atoms with van der Waals surface area (Å²) in [5, 5.41) is 8.92. The van der Waals surface area contributed by atoms with Crippen molar-refractivity contribution in [1.29, 1.82) is 0 Å². The van der Waals surface area contributed by atoms with Gasteiger partial charge in [0.15, 0.2) is 0 Å². The maximum absolute atomic E-state index is 10.8. The fourth-order valence-corrected chi connectivity index (χ4v) is 1.92. The largest absolute Gasteiger partial charge is 0.480 e. The van der Waals surface area contributed by atoms with E-state index >= 15 is 0 Å². The van der Waals surface area contributed by atoms with Gasteiger partial charge >= 0.3 is 5.97 Å². The fraction of sp³-hybridized carbons (Fsp3) is 0.900. The molecular formula is C10H22Cl2N2O2. The highest BCUT2D eigenvalue weighted by atomic mass is 35.5. The second kappa shape index (κ2) is 7.33. The van der Waals surface area contributed by atoms with Gasteiger partial charge in [0.05, 0.1) is 0 Å². The van der Waals surface area contributed by atoms with Crippen molar-refractivity contribution < 1.29 is 9.90 Å². The van der Waals surface area contributed by atoms with Gasteiger partial charge in [0.1, 0.15) is 6.04 Å². The van der Waals surface area contributed by atoms with Crippen molar-refractivity contribution in [1.82, 2.24) is 9.80 Å². The molecule has 1 N–H and O–H groups in total. The van der Waals surface area contributed by atoms with Crippen molar-refractivity contribution in [2.75, 3.05) is 20.1 Å². The van der Waals surface area contributed by atoms with E-state index in [9.17, 15) is 4.79 Å².